The van der Waals surface area contributed by atoms with Gasteiger partial charge in [-0.05, 0) is 61.1 Å². The standard InChI is InChI=1S/C15H16Cl2O/c16-13-6-5-11(7-14(13)17)15-10-3-1-9(2-4-10)12(15)8-18/h5-10,12,15H,1-4H2. The number of benzene rings is 1. The highest BCUT2D eigenvalue weighted by Crippen LogP contribution is 2.52. The van der Waals surface area contributed by atoms with Crippen molar-refractivity contribution in [3.63, 3.8) is 0 Å². The first kappa shape index (κ1) is 12.5. The summed E-state index contributed by atoms with van der Waals surface area (Å²) < 4.78 is 0. The Morgan fingerprint density at radius 3 is 2.28 bits per heavy atom. The molecule has 3 fully saturated rings. The third-order valence-corrected chi connectivity index (χ3v) is 5.51. The monoisotopic (exact) mass is 282 g/mol. The van der Waals surface area contributed by atoms with Gasteiger partial charge in [0.05, 0.1) is 10.0 Å². The van der Waals surface area contributed by atoms with Crippen molar-refractivity contribution >= 4 is 29.5 Å². The molecule has 0 spiro atoms. The van der Waals surface area contributed by atoms with Crippen molar-refractivity contribution in [3.8, 4) is 0 Å². The summed E-state index contributed by atoms with van der Waals surface area (Å²) in [6.45, 7) is 0. The molecule has 96 valence electrons. The Balaban J connectivity index is 1.98. The highest BCUT2D eigenvalue weighted by atomic mass is 35.5. The van der Waals surface area contributed by atoms with Gasteiger partial charge in [0, 0.05) is 5.92 Å². The SMILES string of the molecule is O=CC1C2CCC(CC2)C1c1ccc(Cl)c(Cl)c1. The van der Waals surface area contributed by atoms with Crippen molar-refractivity contribution in [3.05, 3.63) is 33.8 Å². The summed E-state index contributed by atoms with van der Waals surface area (Å²) in [5.41, 5.74) is 1.19. The lowest BCUT2D eigenvalue weighted by molar-refractivity contribution is -0.116. The summed E-state index contributed by atoms with van der Waals surface area (Å²) in [7, 11) is 0. The van der Waals surface area contributed by atoms with Crippen LogP contribution in [-0.4, -0.2) is 6.29 Å². The van der Waals surface area contributed by atoms with Crippen LogP contribution >= 0.6 is 23.2 Å². The van der Waals surface area contributed by atoms with Crippen LogP contribution in [0.25, 0.3) is 0 Å². The third-order valence-electron chi connectivity index (χ3n) is 4.77. The number of aldehydes is 1. The van der Waals surface area contributed by atoms with Crippen LogP contribution in [0.4, 0.5) is 0 Å². The first-order valence-corrected chi connectivity index (χ1v) is 7.36. The highest BCUT2D eigenvalue weighted by Gasteiger charge is 2.44. The van der Waals surface area contributed by atoms with E-state index in [9.17, 15) is 4.79 Å². The summed E-state index contributed by atoms with van der Waals surface area (Å²) in [5, 5.41) is 1.18. The summed E-state index contributed by atoms with van der Waals surface area (Å²) in [6.07, 6.45) is 6.10. The fraction of sp³-hybridized carbons (Fsp3) is 0.533. The maximum Gasteiger partial charge on any atom is 0.123 e. The molecular formula is C15H16Cl2O. The van der Waals surface area contributed by atoms with E-state index in [1.807, 2.05) is 18.2 Å². The Hall–Kier alpha value is -0.530. The fourth-order valence-corrected chi connectivity index (χ4v) is 4.21. The van der Waals surface area contributed by atoms with Gasteiger partial charge in [0.1, 0.15) is 6.29 Å². The molecule has 0 heterocycles. The normalized spacial score (nSPS) is 34.6. The minimum absolute atomic E-state index is 0.176. The Kier molecular flexibility index (Phi) is 3.38. The smallest absolute Gasteiger partial charge is 0.123 e. The molecule has 3 heteroatoms. The van der Waals surface area contributed by atoms with Crippen LogP contribution < -0.4 is 0 Å². The molecule has 0 aromatic heterocycles. The molecular weight excluding hydrogens is 267 g/mol. The molecule has 1 aromatic rings. The Labute approximate surface area is 117 Å². The summed E-state index contributed by atoms with van der Waals surface area (Å²) in [5.74, 6) is 1.74. The summed E-state index contributed by atoms with van der Waals surface area (Å²) in [4.78, 5) is 11.4. The molecule has 0 amide bonds. The minimum Gasteiger partial charge on any atom is -0.303 e. The Morgan fingerprint density at radius 1 is 1.00 bits per heavy atom. The van der Waals surface area contributed by atoms with Crippen molar-refractivity contribution in [1.82, 2.24) is 0 Å². The van der Waals surface area contributed by atoms with Crippen molar-refractivity contribution in [2.45, 2.75) is 31.6 Å². The zero-order chi connectivity index (χ0) is 12.7. The van der Waals surface area contributed by atoms with Crippen LogP contribution in [-0.2, 0) is 4.79 Å². The molecule has 0 aliphatic heterocycles. The van der Waals surface area contributed by atoms with Crippen LogP contribution in [0.3, 0.4) is 0 Å². The van der Waals surface area contributed by atoms with Crippen LogP contribution in [0.15, 0.2) is 18.2 Å². The van der Waals surface area contributed by atoms with Gasteiger partial charge in [0.15, 0.2) is 0 Å². The Morgan fingerprint density at radius 2 is 1.67 bits per heavy atom. The number of hydrogen-bond acceptors (Lipinski definition) is 1. The predicted molar refractivity (Wildman–Crippen MR) is 74.2 cm³/mol. The van der Waals surface area contributed by atoms with Gasteiger partial charge in [0.25, 0.3) is 0 Å². The number of halogens is 2. The van der Waals surface area contributed by atoms with Crippen LogP contribution in [0.1, 0.15) is 37.2 Å². The average molecular weight is 283 g/mol. The van der Waals surface area contributed by atoms with Gasteiger partial charge in [-0.25, -0.2) is 0 Å². The van der Waals surface area contributed by atoms with Crippen LogP contribution in [0.5, 0.6) is 0 Å². The highest BCUT2D eigenvalue weighted by molar-refractivity contribution is 6.42. The zero-order valence-electron chi connectivity index (χ0n) is 10.1. The third kappa shape index (κ3) is 1.98. The van der Waals surface area contributed by atoms with Gasteiger partial charge >= 0.3 is 0 Å². The fourth-order valence-electron chi connectivity index (χ4n) is 3.91. The topological polar surface area (TPSA) is 17.1 Å². The van der Waals surface area contributed by atoms with Crippen LogP contribution in [0.2, 0.25) is 10.0 Å². The second-order valence-electron chi connectivity index (χ2n) is 5.59. The van der Waals surface area contributed by atoms with Crippen molar-refractivity contribution in [1.29, 1.82) is 0 Å². The lowest BCUT2D eigenvalue weighted by atomic mass is 9.57. The van der Waals surface area contributed by atoms with E-state index in [0.717, 1.165) is 0 Å². The first-order chi connectivity index (χ1) is 8.70. The van der Waals surface area contributed by atoms with E-state index >= 15 is 0 Å². The van der Waals surface area contributed by atoms with Gasteiger partial charge in [-0.2, -0.15) is 0 Å². The van der Waals surface area contributed by atoms with E-state index in [1.54, 1.807) is 0 Å². The quantitative estimate of drug-likeness (QED) is 0.718. The lowest BCUT2D eigenvalue weighted by Crippen LogP contribution is -2.39. The number of hydrogen-bond donors (Lipinski definition) is 0. The maximum atomic E-state index is 11.4. The van der Waals surface area contributed by atoms with Crippen molar-refractivity contribution < 1.29 is 4.79 Å². The maximum absolute atomic E-state index is 11.4. The van der Waals surface area contributed by atoms with Gasteiger partial charge in [0.2, 0.25) is 0 Å². The molecule has 1 nitrogen and oxygen atoms in total. The molecule has 2 atom stereocenters. The molecule has 1 aromatic carbocycles. The van der Waals surface area contributed by atoms with Gasteiger partial charge in [-0.1, -0.05) is 29.3 Å². The van der Waals surface area contributed by atoms with E-state index in [0.29, 0.717) is 27.8 Å². The predicted octanol–water partition coefficient (Wildman–Crippen LogP) is 4.71. The summed E-state index contributed by atoms with van der Waals surface area (Å²) in [6, 6.07) is 5.84. The number of carbonyl (C=O) groups excluding carboxylic acids is 1. The second kappa shape index (κ2) is 4.86. The molecule has 0 N–H and O–H groups in total. The minimum atomic E-state index is 0.176. The Bertz CT molecular complexity index is 464. The summed E-state index contributed by atoms with van der Waals surface area (Å²) >= 11 is 12.1. The van der Waals surface area contributed by atoms with Gasteiger partial charge in [-0.15, -0.1) is 0 Å². The molecule has 4 rings (SSSR count). The molecule has 3 aliphatic rings. The van der Waals surface area contributed by atoms with E-state index in [4.69, 9.17) is 23.2 Å². The molecule has 3 aliphatic carbocycles. The van der Waals surface area contributed by atoms with Crippen LogP contribution in [0, 0.1) is 17.8 Å². The zero-order valence-corrected chi connectivity index (χ0v) is 11.6. The van der Waals surface area contributed by atoms with E-state index in [1.165, 1.54) is 37.5 Å². The molecule has 2 bridgehead atoms. The molecule has 2 unspecified atom stereocenters. The average Bonchev–Trinajstić information content (AvgIpc) is 2.42. The number of rotatable bonds is 2. The molecule has 0 saturated heterocycles. The molecule has 3 saturated carbocycles. The number of fused-ring (bicyclic) bond motifs is 3. The molecule has 18 heavy (non-hydrogen) atoms. The van der Waals surface area contributed by atoms with E-state index < -0.39 is 0 Å². The first-order valence-electron chi connectivity index (χ1n) is 6.61. The van der Waals surface area contributed by atoms with Crippen molar-refractivity contribution in [2.75, 3.05) is 0 Å². The van der Waals surface area contributed by atoms with Crippen molar-refractivity contribution in [2.24, 2.45) is 17.8 Å². The van der Waals surface area contributed by atoms with Gasteiger partial charge in [-0.3, -0.25) is 0 Å². The largest absolute Gasteiger partial charge is 0.303 e. The van der Waals surface area contributed by atoms with E-state index in [-0.39, 0.29) is 5.92 Å². The van der Waals surface area contributed by atoms with E-state index in [2.05, 4.69) is 0 Å². The molecule has 0 radical (unpaired) electrons. The second-order valence-corrected chi connectivity index (χ2v) is 6.40. The number of carbonyl (C=O) groups is 1. The lowest BCUT2D eigenvalue weighted by Gasteiger charge is -2.47. The van der Waals surface area contributed by atoms with Gasteiger partial charge < -0.3 is 4.79 Å².